The van der Waals surface area contributed by atoms with Gasteiger partial charge in [-0.1, -0.05) is 182 Å². The van der Waals surface area contributed by atoms with Gasteiger partial charge in [-0.2, -0.15) is 29.9 Å². The highest BCUT2D eigenvalue weighted by atomic mass is 15.3. The van der Waals surface area contributed by atoms with Gasteiger partial charge in [0.05, 0.1) is 13.1 Å². The second-order valence-corrected chi connectivity index (χ2v) is 17.8. The number of para-hydroxylation sites is 2. The molecule has 0 aliphatic carbocycles. The Kier molecular flexibility index (Phi) is 15.2. The van der Waals surface area contributed by atoms with Crippen LogP contribution in [0.25, 0.3) is 12.2 Å². The Morgan fingerprint density at radius 1 is 0.351 bits per heavy atom. The Morgan fingerprint density at radius 2 is 0.676 bits per heavy atom. The molecule has 0 spiro atoms. The highest BCUT2D eigenvalue weighted by Crippen LogP contribution is 2.30. The van der Waals surface area contributed by atoms with Crippen LogP contribution >= 0.6 is 0 Å². The Labute approximate surface area is 432 Å². The van der Waals surface area contributed by atoms with E-state index in [2.05, 4.69) is 166 Å². The average Bonchev–Trinajstić information content (AvgIpc) is 3.44. The van der Waals surface area contributed by atoms with Crippen LogP contribution < -0.4 is 31.1 Å². The molecular weight excluding hydrogens is 913 g/mol. The number of aromatic nitrogens is 6. The topological polar surface area (TPSA) is 132 Å². The lowest BCUT2D eigenvalue weighted by atomic mass is 10.0. The highest BCUT2D eigenvalue weighted by Gasteiger charge is 2.19. The number of nitrogens with zero attached hydrogens (tertiary/aromatic N) is 8. The first kappa shape index (κ1) is 48.0. The molecule has 12 nitrogen and oxygen atoms in total. The maximum atomic E-state index is 5.01. The van der Waals surface area contributed by atoms with Crippen molar-refractivity contribution in [2.24, 2.45) is 0 Å². The molecule has 2 aromatic heterocycles. The van der Waals surface area contributed by atoms with E-state index in [0.717, 1.165) is 67.3 Å². The third-order valence-corrected chi connectivity index (χ3v) is 12.3. The lowest BCUT2D eigenvalue weighted by Crippen LogP contribution is -2.21. The summed E-state index contributed by atoms with van der Waals surface area (Å²) in [5, 5.41) is 13.9. The van der Waals surface area contributed by atoms with Gasteiger partial charge in [-0.25, -0.2) is 0 Å². The highest BCUT2D eigenvalue weighted by molar-refractivity contribution is 5.75. The first-order valence-corrected chi connectivity index (χ1v) is 24.7. The molecule has 0 saturated carbocycles. The summed E-state index contributed by atoms with van der Waals surface area (Å²) in [6.45, 7) is 6.48. The molecule has 0 radical (unpaired) electrons. The van der Waals surface area contributed by atoms with Crippen molar-refractivity contribution in [3.05, 3.63) is 263 Å². The summed E-state index contributed by atoms with van der Waals surface area (Å²) in [6, 6.07) is 74.1. The maximum absolute atomic E-state index is 5.01. The number of benzene rings is 8. The standard InChI is InChI=1S/C62H56N12/c1-45-39-53(65-59-67-57(63-41-47-21-9-3-10-22-47)69-61(71-59)73(55-29-17-7-18-30-55)43-49-25-13-5-14-26-49)37-35-51(45)33-34-52-36-38-54(40-46(52)2)66-60-68-58(64-42-48-23-11-4-12-24-48)70-62(72-60)74(56-31-19-8-20-32-56)44-50-27-15-6-16-28-50/h3-40H,41-44H2,1-2H3,(H2,63,65,67,69,71)(H2,64,66,68,70,72). The minimum atomic E-state index is 0.431. The van der Waals surface area contributed by atoms with E-state index in [-0.39, 0.29) is 0 Å². The Morgan fingerprint density at radius 3 is 1.03 bits per heavy atom. The fourth-order valence-electron chi connectivity index (χ4n) is 8.42. The van der Waals surface area contributed by atoms with Gasteiger partial charge in [-0.05, 0) is 107 Å². The van der Waals surface area contributed by atoms with Crippen LogP contribution in [0, 0.1) is 13.8 Å². The minimum absolute atomic E-state index is 0.431. The van der Waals surface area contributed by atoms with Crippen molar-refractivity contribution in [1.29, 1.82) is 0 Å². The number of aryl methyl sites for hydroxylation is 2. The first-order chi connectivity index (χ1) is 36.4. The minimum Gasteiger partial charge on any atom is -0.350 e. The van der Waals surface area contributed by atoms with Crippen LogP contribution in [-0.4, -0.2) is 29.9 Å². The van der Waals surface area contributed by atoms with E-state index in [1.807, 2.05) is 109 Å². The smallest absolute Gasteiger partial charge is 0.236 e. The molecule has 0 aliphatic heterocycles. The van der Waals surface area contributed by atoms with Crippen molar-refractivity contribution in [1.82, 2.24) is 29.9 Å². The number of nitrogens with one attached hydrogen (secondary N) is 4. The molecule has 2 heterocycles. The zero-order valence-electron chi connectivity index (χ0n) is 41.3. The van der Waals surface area contributed by atoms with Gasteiger partial charge in [-0.15, -0.1) is 0 Å². The molecule has 0 bridgehead atoms. The lowest BCUT2D eigenvalue weighted by molar-refractivity contribution is 0.891. The second-order valence-electron chi connectivity index (χ2n) is 17.8. The molecule has 364 valence electrons. The predicted molar refractivity (Wildman–Crippen MR) is 302 cm³/mol. The molecule has 0 atom stereocenters. The van der Waals surface area contributed by atoms with Gasteiger partial charge in [0.2, 0.25) is 35.7 Å². The van der Waals surface area contributed by atoms with Gasteiger partial charge in [0.25, 0.3) is 0 Å². The van der Waals surface area contributed by atoms with E-state index in [1.165, 1.54) is 0 Å². The van der Waals surface area contributed by atoms with E-state index in [4.69, 9.17) is 29.9 Å². The average molecular weight is 969 g/mol. The van der Waals surface area contributed by atoms with Crippen molar-refractivity contribution < 1.29 is 0 Å². The van der Waals surface area contributed by atoms with Gasteiger partial charge in [-0.3, -0.25) is 0 Å². The van der Waals surface area contributed by atoms with Crippen LogP contribution in [0.2, 0.25) is 0 Å². The Hall–Kier alpha value is -9.68. The van der Waals surface area contributed by atoms with E-state index in [9.17, 15) is 0 Å². The maximum Gasteiger partial charge on any atom is 0.236 e. The summed E-state index contributed by atoms with van der Waals surface area (Å²) in [6.07, 6.45) is 4.30. The van der Waals surface area contributed by atoms with Crippen molar-refractivity contribution in [2.75, 3.05) is 31.1 Å². The zero-order valence-corrected chi connectivity index (χ0v) is 41.3. The number of rotatable bonds is 20. The second kappa shape index (κ2) is 23.5. The predicted octanol–water partition coefficient (Wildman–Crippen LogP) is 14.2. The SMILES string of the molecule is Cc1cc(Nc2nc(NCc3ccccc3)nc(N(Cc3ccccc3)c3ccccc3)n2)ccc1C=Cc1ccc(Nc2nc(NCc3ccccc3)nc(N(Cc3ccccc3)c3ccccc3)n2)cc1C. The van der Waals surface area contributed by atoms with Crippen LogP contribution in [-0.2, 0) is 26.2 Å². The van der Waals surface area contributed by atoms with Crippen LogP contribution in [0.5, 0.6) is 0 Å². The first-order valence-electron chi connectivity index (χ1n) is 24.7. The van der Waals surface area contributed by atoms with Gasteiger partial charge >= 0.3 is 0 Å². The third-order valence-electron chi connectivity index (χ3n) is 12.3. The van der Waals surface area contributed by atoms with Gasteiger partial charge in [0.15, 0.2) is 0 Å². The van der Waals surface area contributed by atoms with Crippen molar-refractivity contribution in [3.63, 3.8) is 0 Å². The summed E-state index contributed by atoms with van der Waals surface area (Å²) in [7, 11) is 0. The molecule has 10 aromatic rings. The summed E-state index contributed by atoms with van der Waals surface area (Å²) in [5.41, 5.74) is 12.5. The quantitative estimate of drug-likeness (QED) is 0.0542. The molecule has 8 aromatic carbocycles. The van der Waals surface area contributed by atoms with E-state index >= 15 is 0 Å². The molecule has 10 rings (SSSR count). The van der Waals surface area contributed by atoms with Crippen molar-refractivity contribution >= 4 is 70.6 Å². The molecule has 0 aliphatic rings. The number of anilines is 10. The van der Waals surface area contributed by atoms with Crippen molar-refractivity contribution in [3.8, 4) is 0 Å². The summed E-state index contributed by atoms with van der Waals surface area (Å²) in [4.78, 5) is 33.9. The molecule has 0 saturated heterocycles. The van der Waals surface area contributed by atoms with Crippen LogP contribution in [0.15, 0.2) is 218 Å². The molecule has 74 heavy (non-hydrogen) atoms. The monoisotopic (exact) mass is 968 g/mol. The number of hydrogen-bond donors (Lipinski definition) is 4. The van der Waals surface area contributed by atoms with Gasteiger partial charge < -0.3 is 31.1 Å². The van der Waals surface area contributed by atoms with Gasteiger partial charge in [0, 0.05) is 35.8 Å². The third kappa shape index (κ3) is 12.8. The lowest BCUT2D eigenvalue weighted by Gasteiger charge is -2.24. The van der Waals surface area contributed by atoms with Crippen molar-refractivity contribution in [2.45, 2.75) is 40.0 Å². The molecule has 12 heteroatoms. The summed E-state index contributed by atoms with van der Waals surface area (Å²) >= 11 is 0. The number of hydrogen-bond acceptors (Lipinski definition) is 12. The molecule has 0 amide bonds. The molecule has 4 N–H and O–H groups in total. The fourth-order valence-corrected chi connectivity index (χ4v) is 8.42. The zero-order chi connectivity index (χ0) is 50.3. The Balaban J connectivity index is 0.878. The van der Waals surface area contributed by atoms with Crippen LogP contribution in [0.4, 0.5) is 58.4 Å². The van der Waals surface area contributed by atoms with Crippen LogP contribution in [0.1, 0.15) is 44.5 Å². The van der Waals surface area contributed by atoms with E-state index in [1.54, 1.807) is 0 Å². The van der Waals surface area contributed by atoms with Gasteiger partial charge in [0.1, 0.15) is 0 Å². The molecule has 0 fully saturated rings. The Bertz CT molecular complexity index is 3190. The van der Waals surface area contributed by atoms with Crippen LogP contribution in [0.3, 0.4) is 0 Å². The summed E-state index contributed by atoms with van der Waals surface area (Å²) in [5.74, 6) is 2.84. The summed E-state index contributed by atoms with van der Waals surface area (Å²) < 4.78 is 0. The molecular formula is C62H56N12. The van der Waals surface area contributed by atoms with E-state index < -0.39 is 0 Å². The largest absolute Gasteiger partial charge is 0.350 e. The molecule has 0 unspecified atom stereocenters. The van der Waals surface area contributed by atoms with E-state index in [0.29, 0.717) is 61.9 Å². The fraction of sp³-hybridized carbons (Fsp3) is 0.0968. The normalized spacial score (nSPS) is 11.0.